The topological polar surface area (TPSA) is 58.0 Å². The zero-order valence-corrected chi connectivity index (χ0v) is 8.57. The predicted molar refractivity (Wildman–Crippen MR) is 53.8 cm³/mol. The number of rotatable bonds is 3. The number of hydrogen-bond donors (Lipinski definition) is 2. The van der Waals surface area contributed by atoms with Gasteiger partial charge in [-0.05, 0) is 18.8 Å². The monoisotopic (exact) mass is 211 g/mol. The van der Waals surface area contributed by atoms with Gasteiger partial charge in [-0.25, -0.2) is 9.97 Å². The Balaban J connectivity index is 2.07. The van der Waals surface area contributed by atoms with Crippen LogP contribution in [0.1, 0.15) is 19.8 Å². The van der Waals surface area contributed by atoms with E-state index < -0.39 is 5.95 Å². The molecule has 0 bridgehead atoms. The molecule has 2 rings (SSSR count). The number of aromatic nitrogens is 2. The summed E-state index contributed by atoms with van der Waals surface area (Å²) in [4.78, 5) is 7.28. The fraction of sp³-hybridized carbons (Fsp3) is 0.600. The van der Waals surface area contributed by atoms with Gasteiger partial charge in [0.25, 0.3) is 0 Å². The number of halogens is 1. The van der Waals surface area contributed by atoms with Gasteiger partial charge in [-0.1, -0.05) is 6.92 Å². The molecule has 2 N–H and O–H groups in total. The number of anilines is 1. The highest BCUT2D eigenvalue weighted by Gasteiger charge is 2.41. The maximum Gasteiger partial charge on any atom is 0.217 e. The van der Waals surface area contributed by atoms with E-state index in [4.69, 9.17) is 0 Å². The van der Waals surface area contributed by atoms with Crippen LogP contribution in [0.5, 0.6) is 0 Å². The zero-order valence-electron chi connectivity index (χ0n) is 8.57. The summed E-state index contributed by atoms with van der Waals surface area (Å²) in [6.45, 7) is 2.17. The summed E-state index contributed by atoms with van der Waals surface area (Å²) < 4.78 is 12.8. The maximum absolute atomic E-state index is 12.8. The van der Waals surface area contributed by atoms with Gasteiger partial charge >= 0.3 is 0 Å². The van der Waals surface area contributed by atoms with Gasteiger partial charge in [0, 0.05) is 6.07 Å². The minimum atomic E-state index is -0.562. The van der Waals surface area contributed by atoms with Crippen LogP contribution in [0.4, 0.5) is 10.2 Å². The first kappa shape index (κ1) is 10.3. The SMILES string of the molecule is CC1CC(CO)(Nc2cc(F)ncn2)C1. The van der Waals surface area contributed by atoms with Crippen LogP contribution >= 0.6 is 0 Å². The summed E-state index contributed by atoms with van der Waals surface area (Å²) in [6, 6.07) is 1.24. The quantitative estimate of drug-likeness (QED) is 0.737. The van der Waals surface area contributed by atoms with Crippen molar-refractivity contribution in [2.75, 3.05) is 11.9 Å². The molecule has 1 saturated carbocycles. The summed E-state index contributed by atoms with van der Waals surface area (Å²) in [5, 5.41) is 12.4. The Labute approximate surface area is 87.6 Å². The molecule has 1 aliphatic rings. The Hall–Kier alpha value is -1.23. The lowest BCUT2D eigenvalue weighted by Crippen LogP contribution is -2.52. The molecule has 0 spiro atoms. The van der Waals surface area contributed by atoms with E-state index in [1.807, 2.05) is 0 Å². The molecule has 0 unspecified atom stereocenters. The third-order valence-corrected chi connectivity index (χ3v) is 2.81. The van der Waals surface area contributed by atoms with Gasteiger partial charge in [0.15, 0.2) is 0 Å². The summed E-state index contributed by atoms with van der Waals surface area (Å²) in [7, 11) is 0. The van der Waals surface area contributed by atoms with Crippen LogP contribution < -0.4 is 5.32 Å². The van der Waals surface area contributed by atoms with E-state index in [0.29, 0.717) is 11.7 Å². The second kappa shape index (κ2) is 3.73. The highest BCUT2D eigenvalue weighted by atomic mass is 19.1. The first-order chi connectivity index (χ1) is 7.13. The first-order valence-corrected chi connectivity index (χ1v) is 5.00. The van der Waals surface area contributed by atoms with E-state index in [0.717, 1.165) is 12.8 Å². The van der Waals surface area contributed by atoms with E-state index in [9.17, 15) is 9.50 Å². The molecule has 0 amide bonds. The van der Waals surface area contributed by atoms with E-state index in [1.165, 1.54) is 12.4 Å². The third kappa shape index (κ3) is 2.07. The molecule has 0 aromatic carbocycles. The van der Waals surface area contributed by atoms with Crippen LogP contribution in [0, 0.1) is 11.9 Å². The molecule has 1 aromatic heterocycles. The first-order valence-electron chi connectivity index (χ1n) is 5.00. The van der Waals surface area contributed by atoms with Crippen LogP contribution in [-0.4, -0.2) is 27.2 Å². The summed E-state index contributed by atoms with van der Waals surface area (Å²) in [6.07, 6.45) is 2.94. The van der Waals surface area contributed by atoms with Gasteiger partial charge in [-0.2, -0.15) is 4.39 Å². The van der Waals surface area contributed by atoms with E-state index in [-0.39, 0.29) is 12.1 Å². The van der Waals surface area contributed by atoms with Gasteiger partial charge in [0.1, 0.15) is 12.1 Å². The molecular weight excluding hydrogens is 197 g/mol. The van der Waals surface area contributed by atoms with Crippen molar-refractivity contribution in [3.63, 3.8) is 0 Å². The van der Waals surface area contributed by atoms with Gasteiger partial charge in [-0.3, -0.25) is 0 Å². The van der Waals surface area contributed by atoms with Crippen molar-refractivity contribution < 1.29 is 9.50 Å². The van der Waals surface area contributed by atoms with Crippen LogP contribution in [0.25, 0.3) is 0 Å². The van der Waals surface area contributed by atoms with Crippen LogP contribution in [0.3, 0.4) is 0 Å². The Morgan fingerprint density at radius 2 is 2.33 bits per heavy atom. The lowest BCUT2D eigenvalue weighted by Gasteiger charge is -2.46. The molecule has 1 aromatic rings. The maximum atomic E-state index is 12.8. The van der Waals surface area contributed by atoms with Gasteiger partial charge in [-0.15, -0.1) is 0 Å². The van der Waals surface area contributed by atoms with Crippen molar-refractivity contribution in [1.82, 2.24) is 9.97 Å². The lowest BCUT2D eigenvalue weighted by atomic mass is 9.69. The molecule has 0 saturated heterocycles. The van der Waals surface area contributed by atoms with Gasteiger partial charge in [0.05, 0.1) is 12.1 Å². The highest BCUT2D eigenvalue weighted by molar-refractivity contribution is 5.37. The second-order valence-electron chi connectivity index (χ2n) is 4.30. The molecule has 0 aliphatic heterocycles. The molecule has 5 heteroatoms. The number of aliphatic hydroxyl groups excluding tert-OH is 1. The van der Waals surface area contributed by atoms with Crippen LogP contribution in [0.15, 0.2) is 12.4 Å². The molecule has 0 atom stereocenters. The van der Waals surface area contributed by atoms with Crippen molar-refractivity contribution in [2.45, 2.75) is 25.3 Å². The zero-order chi connectivity index (χ0) is 10.9. The highest BCUT2D eigenvalue weighted by Crippen LogP contribution is 2.39. The fourth-order valence-electron chi connectivity index (χ4n) is 2.22. The summed E-state index contributed by atoms with van der Waals surface area (Å²) in [5.74, 6) is 0.466. The molecule has 15 heavy (non-hydrogen) atoms. The standard InChI is InChI=1S/C10H14FN3O/c1-7-3-10(4-7,5-15)14-9-2-8(11)12-6-13-9/h2,6-7,15H,3-5H2,1H3,(H,12,13,14). The summed E-state index contributed by atoms with van der Waals surface area (Å²) in [5.41, 5.74) is -0.319. The smallest absolute Gasteiger partial charge is 0.217 e. The molecular formula is C10H14FN3O. The third-order valence-electron chi connectivity index (χ3n) is 2.81. The molecule has 0 radical (unpaired) electrons. The minimum absolute atomic E-state index is 0.0446. The molecule has 4 nitrogen and oxygen atoms in total. The second-order valence-corrected chi connectivity index (χ2v) is 4.30. The Bertz CT molecular complexity index is 352. The predicted octanol–water partition coefficient (Wildman–Crippen LogP) is 1.19. The minimum Gasteiger partial charge on any atom is -0.394 e. The Kier molecular flexibility index (Phi) is 2.56. The molecule has 1 fully saturated rings. The Morgan fingerprint density at radius 1 is 1.60 bits per heavy atom. The average molecular weight is 211 g/mol. The number of nitrogens with one attached hydrogen (secondary N) is 1. The largest absolute Gasteiger partial charge is 0.394 e. The van der Waals surface area contributed by atoms with E-state index in [2.05, 4.69) is 22.2 Å². The van der Waals surface area contributed by atoms with Crippen LogP contribution in [-0.2, 0) is 0 Å². The average Bonchev–Trinajstić information content (AvgIpc) is 2.15. The van der Waals surface area contributed by atoms with Gasteiger partial charge < -0.3 is 10.4 Å². The van der Waals surface area contributed by atoms with E-state index >= 15 is 0 Å². The van der Waals surface area contributed by atoms with Crippen molar-refractivity contribution in [1.29, 1.82) is 0 Å². The molecule has 1 aliphatic carbocycles. The normalized spacial score (nSPS) is 29.7. The van der Waals surface area contributed by atoms with Crippen LogP contribution in [0.2, 0.25) is 0 Å². The number of nitrogens with zero attached hydrogens (tertiary/aromatic N) is 2. The fourth-order valence-corrected chi connectivity index (χ4v) is 2.22. The molecule has 1 heterocycles. The number of hydrogen-bond acceptors (Lipinski definition) is 4. The summed E-state index contributed by atoms with van der Waals surface area (Å²) >= 11 is 0. The number of aliphatic hydroxyl groups is 1. The Morgan fingerprint density at radius 3 is 2.87 bits per heavy atom. The lowest BCUT2D eigenvalue weighted by molar-refractivity contribution is 0.0988. The van der Waals surface area contributed by atoms with E-state index in [1.54, 1.807) is 0 Å². The van der Waals surface area contributed by atoms with Crippen molar-refractivity contribution in [2.24, 2.45) is 5.92 Å². The molecule has 82 valence electrons. The van der Waals surface area contributed by atoms with Gasteiger partial charge in [0.2, 0.25) is 5.95 Å². The van der Waals surface area contributed by atoms with Crippen molar-refractivity contribution >= 4 is 5.82 Å². The van der Waals surface area contributed by atoms with Crippen molar-refractivity contribution in [3.05, 3.63) is 18.3 Å². The van der Waals surface area contributed by atoms with Crippen molar-refractivity contribution in [3.8, 4) is 0 Å².